The molecule has 2 heterocycles. The average Bonchev–Trinajstić information content (AvgIpc) is 3.18. The summed E-state index contributed by atoms with van der Waals surface area (Å²) in [6.45, 7) is 0.721. The fourth-order valence-corrected chi connectivity index (χ4v) is 3.38. The molecule has 0 aliphatic heterocycles. The summed E-state index contributed by atoms with van der Waals surface area (Å²) in [5.74, 6) is 1.17. The number of tetrazole rings is 1. The van der Waals surface area contributed by atoms with Gasteiger partial charge in [-0.25, -0.2) is 4.68 Å². The molecule has 0 aliphatic rings. The molecule has 0 saturated heterocycles. The lowest BCUT2D eigenvalue weighted by molar-refractivity contribution is 0.301. The lowest BCUT2D eigenvalue weighted by atomic mass is 10.1. The van der Waals surface area contributed by atoms with Gasteiger partial charge >= 0.3 is 0 Å². The standard InChI is InChI=1S/C20H14Cl3N5O/c21-15-6-7-18(29-12-13-3-2-8-24-10-13)14(9-15)11-28-20(25-26-27-28)16-4-1-5-17(22)19(16)23/h1-10H,11-12H2. The van der Waals surface area contributed by atoms with E-state index >= 15 is 0 Å². The van der Waals surface area contributed by atoms with Crippen LogP contribution in [0.1, 0.15) is 11.1 Å². The highest BCUT2D eigenvalue weighted by Crippen LogP contribution is 2.33. The summed E-state index contributed by atoms with van der Waals surface area (Å²) in [6, 6.07) is 14.6. The Balaban J connectivity index is 1.63. The van der Waals surface area contributed by atoms with Crippen LogP contribution in [0.3, 0.4) is 0 Å². The van der Waals surface area contributed by atoms with Gasteiger partial charge in [0.1, 0.15) is 12.4 Å². The van der Waals surface area contributed by atoms with Crippen LogP contribution in [-0.4, -0.2) is 25.2 Å². The summed E-state index contributed by atoms with van der Waals surface area (Å²) in [5, 5.41) is 13.4. The molecular formula is C20H14Cl3N5O. The Hall–Kier alpha value is -2.67. The fourth-order valence-electron chi connectivity index (χ4n) is 2.80. The van der Waals surface area contributed by atoms with E-state index in [1.807, 2.05) is 30.3 Å². The van der Waals surface area contributed by atoms with Crippen molar-refractivity contribution >= 4 is 34.8 Å². The average molecular weight is 447 g/mol. The minimum absolute atomic E-state index is 0.341. The van der Waals surface area contributed by atoms with Crippen LogP contribution in [0, 0.1) is 0 Å². The fraction of sp³-hybridized carbons (Fsp3) is 0.100. The number of halogens is 3. The van der Waals surface area contributed by atoms with Gasteiger partial charge in [0.05, 0.1) is 16.6 Å². The molecule has 0 saturated carbocycles. The molecule has 0 amide bonds. The molecule has 0 spiro atoms. The zero-order valence-electron chi connectivity index (χ0n) is 15.0. The van der Waals surface area contributed by atoms with Gasteiger partial charge in [0.15, 0.2) is 5.82 Å². The van der Waals surface area contributed by atoms with Crippen molar-refractivity contribution in [2.75, 3.05) is 0 Å². The molecule has 4 aromatic rings. The first-order chi connectivity index (χ1) is 14.1. The van der Waals surface area contributed by atoms with Crippen LogP contribution in [0.25, 0.3) is 11.4 Å². The van der Waals surface area contributed by atoms with Gasteiger partial charge in [-0.2, -0.15) is 0 Å². The van der Waals surface area contributed by atoms with Gasteiger partial charge in [0.25, 0.3) is 0 Å². The highest BCUT2D eigenvalue weighted by Gasteiger charge is 2.16. The second kappa shape index (κ2) is 8.78. The van der Waals surface area contributed by atoms with E-state index in [0.29, 0.717) is 45.4 Å². The molecule has 0 unspecified atom stereocenters. The van der Waals surface area contributed by atoms with E-state index in [1.54, 1.807) is 35.3 Å². The number of rotatable bonds is 6. The van der Waals surface area contributed by atoms with E-state index < -0.39 is 0 Å². The molecule has 29 heavy (non-hydrogen) atoms. The number of benzene rings is 2. The molecule has 0 fully saturated rings. The highest BCUT2D eigenvalue weighted by atomic mass is 35.5. The summed E-state index contributed by atoms with van der Waals surface area (Å²) in [4.78, 5) is 4.10. The Morgan fingerprint density at radius 2 is 1.90 bits per heavy atom. The Morgan fingerprint density at radius 3 is 2.72 bits per heavy atom. The first kappa shape index (κ1) is 19.6. The van der Waals surface area contributed by atoms with Gasteiger partial charge < -0.3 is 4.74 Å². The van der Waals surface area contributed by atoms with E-state index in [1.165, 1.54) is 0 Å². The van der Waals surface area contributed by atoms with Crippen molar-refractivity contribution < 1.29 is 4.74 Å². The van der Waals surface area contributed by atoms with Crippen molar-refractivity contribution in [3.63, 3.8) is 0 Å². The maximum absolute atomic E-state index is 6.34. The van der Waals surface area contributed by atoms with Crippen LogP contribution in [0.4, 0.5) is 0 Å². The Morgan fingerprint density at radius 1 is 1.00 bits per heavy atom. The second-order valence-corrected chi connectivity index (χ2v) is 7.39. The third-order valence-corrected chi connectivity index (χ3v) is 5.24. The molecular weight excluding hydrogens is 433 g/mol. The molecule has 6 nitrogen and oxygen atoms in total. The zero-order chi connectivity index (χ0) is 20.2. The minimum atomic E-state index is 0.341. The van der Waals surface area contributed by atoms with Crippen molar-refractivity contribution in [2.45, 2.75) is 13.2 Å². The largest absolute Gasteiger partial charge is 0.488 e. The second-order valence-electron chi connectivity index (χ2n) is 6.16. The van der Waals surface area contributed by atoms with E-state index in [4.69, 9.17) is 39.5 Å². The number of aromatic nitrogens is 5. The van der Waals surface area contributed by atoms with E-state index in [2.05, 4.69) is 20.5 Å². The monoisotopic (exact) mass is 445 g/mol. The Bertz CT molecular complexity index is 1130. The number of nitrogens with zero attached hydrogens (tertiary/aromatic N) is 5. The number of hydrogen-bond donors (Lipinski definition) is 0. The van der Waals surface area contributed by atoms with Crippen LogP contribution < -0.4 is 4.74 Å². The normalized spacial score (nSPS) is 10.9. The summed E-state index contributed by atoms with van der Waals surface area (Å²) in [6.07, 6.45) is 3.48. The predicted molar refractivity (Wildman–Crippen MR) is 112 cm³/mol. The number of hydrogen-bond acceptors (Lipinski definition) is 5. The zero-order valence-corrected chi connectivity index (χ0v) is 17.2. The molecule has 2 aromatic heterocycles. The maximum atomic E-state index is 6.34. The SMILES string of the molecule is Clc1ccc(OCc2cccnc2)c(Cn2nnnc2-c2cccc(Cl)c2Cl)c1. The molecule has 9 heteroatoms. The van der Waals surface area contributed by atoms with Gasteiger partial charge in [-0.1, -0.05) is 46.9 Å². The lowest BCUT2D eigenvalue weighted by Crippen LogP contribution is -2.07. The molecule has 2 aromatic carbocycles. The topological polar surface area (TPSA) is 65.7 Å². The number of ether oxygens (including phenoxy) is 1. The molecule has 0 radical (unpaired) electrons. The van der Waals surface area contributed by atoms with Crippen LogP contribution in [-0.2, 0) is 13.2 Å². The van der Waals surface area contributed by atoms with Crippen molar-refractivity contribution in [2.24, 2.45) is 0 Å². The van der Waals surface area contributed by atoms with E-state index in [0.717, 1.165) is 11.1 Å². The summed E-state index contributed by atoms with van der Waals surface area (Å²) in [5.41, 5.74) is 2.43. The van der Waals surface area contributed by atoms with Crippen molar-refractivity contribution in [3.8, 4) is 17.1 Å². The minimum Gasteiger partial charge on any atom is -0.488 e. The van der Waals surface area contributed by atoms with Gasteiger partial charge in [-0.15, -0.1) is 5.10 Å². The quantitative estimate of drug-likeness (QED) is 0.401. The van der Waals surface area contributed by atoms with Crippen LogP contribution >= 0.6 is 34.8 Å². The molecule has 0 N–H and O–H groups in total. The maximum Gasteiger partial charge on any atom is 0.183 e. The lowest BCUT2D eigenvalue weighted by Gasteiger charge is -2.13. The van der Waals surface area contributed by atoms with Crippen LogP contribution in [0.15, 0.2) is 60.9 Å². The van der Waals surface area contributed by atoms with Crippen molar-refractivity contribution in [3.05, 3.63) is 87.1 Å². The smallest absolute Gasteiger partial charge is 0.183 e. The highest BCUT2D eigenvalue weighted by molar-refractivity contribution is 6.43. The number of pyridine rings is 1. The predicted octanol–water partition coefficient (Wildman–Crippen LogP) is 5.32. The molecule has 4 rings (SSSR count). The summed E-state index contributed by atoms with van der Waals surface area (Å²) in [7, 11) is 0. The van der Waals surface area contributed by atoms with Gasteiger partial charge in [0.2, 0.25) is 0 Å². The molecule has 0 atom stereocenters. The molecule has 0 aliphatic carbocycles. The summed E-state index contributed by atoms with van der Waals surface area (Å²) >= 11 is 18.7. The van der Waals surface area contributed by atoms with Crippen molar-refractivity contribution in [1.29, 1.82) is 0 Å². The third kappa shape index (κ3) is 4.50. The third-order valence-electron chi connectivity index (χ3n) is 4.18. The van der Waals surface area contributed by atoms with E-state index in [-0.39, 0.29) is 0 Å². The first-order valence-electron chi connectivity index (χ1n) is 8.62. The van der Waals surface area contributed by atoms with E-state index in [9.17, 15) is 0 Å². The Labute approximate surface area is 182 Å². The molecule has 0 bridgehead atoms. The molecule has 146 valence electrons. The first-order valence-corrected chi connectivity index (χ1v) is 9.76. The summed E-state index contributed by atoms with van der Waals surface area (Å²) < 4.78 is 7.61. The van der Waals surface area contributed by atoms with Crippen LogP contribution in [0.2, 0.25) is 15.1 Å². The van der Waals surface area contributed by atoms with Gasteiger partial charge in [0, 0.05) is 34.1 Å². The van der Waals surface area contributed by atoms with Crippen LogP contribution in [0.5, 0.6) is 5.75 Å². The van der Waals surface area contributed by atoms with Crippen molar-refractivity contribution in [1.82, 2.24) is 25.2 Å². The Kier molecular flexibility index (Phi) is 5.94. The van der Waals surface area contributed by atoms with Gasteiger partial charge in [-0.05, 0) is 46.8 Å². The van der Waals surface area contributed by atoms with Gasteiger partial charge in [-0.3, -0.25) is 4.98 Å².